The molecule has 0 spiro atoms. The quantitative estimate of drug-likeness (QED) is 0.541. The number of rotatable bonds is 2. The Kier molecular flexibility index (Phi) is 2.91. The van der Waals surface area contributed by atoms with Gasteiger partial charge in [-0.3, -0.25) is 0 Å². The van der Waals surface area contributed by atoms with Gasteiger partial charge in [0.15, 0.2) is 0 Å². The standard InChI is InChI=1S/C12H18/c1-4-5-9-12(3)10-7-6-8-11(12)2/h5-9H,4,10H2,1-3H3. The predicted molar refractivity (Wildman–Crippen MR) is 55.1 cm³/mol. The molecule has 0 radical (unpaired) electrons. The van der Waals surface area contributed by atoms with Crippen molar-refractivity contribution in [3.05, 3.63) is 36.0 Å². The highest BCUT2D eigenvalue weighted by molar-refractivity contribution is 5.28. The highest BCUT2D eigenvalue weighted by Gasteiger charge is 2.22. The van der Waals surface area contributed by atoms with E-state index >= 15 is 0 Å². The van der Waals surface area contributed by atoms with Crippen molar-refractivity contribution < 1.29 is 0 Å². The first kappa shape index (κ1) is 9.31. The first-order valence-corrected chi connectivity index (χ1v) is 4.70. The van der Waals surface area contributed by atoms with Crippen molar-refractivity contribution in [3.63, 3.8) is 0 Å². The van der Waals surface area contributed by atoms with E-state index in [1.54, 1.807) is 0 Å². The molecule has 1 rings (SSSR count). The van der Waals surface area contributed by atoms with E-state index in [9.17, 15) is 0 Å². The highest BCUT2D eigenvalue weighted by atomic mass is 14.3. The molecule has 0 amide bonds. The molecule has 0 saturated heterocycles. The summed E-state index contributed by atoms with van der Waals surface area (Å²) < 4.78 is 0. The Morgan fingerprint density at radius 1 is 1.58 bits per heavy atom. The normalized spacial score (nSPS) is 29.4. The molecule has 12 heavy (non-hydrogen) atoms. The molecule has 0 N–H and O–H groups in total. The van der Waals surface area contributed by atoms with Crippen molar-refractivity contribution in [1.82, 2.24) is 0 Å². The first-order chi connectivity index (χ1) is 5.69. The van der Waals surface area contributed by atoms with Gasteiger partial charge in [0.2, 0.25) is 0 Å². The Bertz CT molecular complexity index is 230. The summed E-state index contributed by atoms with van der Waals surface area (Å²) in [5.74, 6) is 0. The molecular weight excluding hydrogens is 144 g/mol. The molecule has 1 unspecified atom stereocenters. The van der Waals surface area contributed by atoms with Gasteiger partial charge >= 0.3 is 0 Å². The Labute approximate surface area is 75.7 Å². The fourth-order valence-corrected chi connectivity index (χ4v) is 1.45. The number of hydrogen-bond acceptors (Lipinski definition) is 0. The topological polar surface area (TPSA) is 0 Å². The fourth-order valence-electron chi connectivity index (χ4n) is 1.45. The maximum atomic E-state index is 2.34. The lowest BCUT2D eigenvalue weighted by atomic mass is 9.77. The molecule has 0 heterocycles. The summed E-state index contributed by atoms with van der Waals surface area (Å²) in [5, 5.41) is 0. The third kappa shape index (κ3) is 1.88. The van der Waals surface area contributed by atoms with E-state index in [1.807, 2.05) is 0 Å². The summed E-state index contributed by atoms with van der Waals surface area (Å²) in [7, 11) is 0. The SMILES string of the molecule is CCC=CC1(C)CC=CC=C1C. The van der Waals surface area contributed by atoms with Crippen molar-refractivity contribution in [2.24, 2.45) is 5.41 Å². The minimum absolute atomic E-state index is 0.282. The second-order valence-corrected chi connectivity index (χ2v) is 3.71. The zero-order valence-corrected chi connectivity index (χ0v) is 8.30. The molecule has 1 atom stereocenters. The summed E-state index contributed by atoms with van der Waals surface area (Å²) in [5.41, 5.74) is 1.75. The largest absolute Gasteiger partial charge is 0.0879 e. The first-order valence-electron chi connectivity index (χ1n) is 4.70. The van der Waals surface area contributed by atoms with Crippen LogP contribution in [0.25, 0.3) is 0 Å². The van der Waals surface area contributed by atoms with E-state index < -0.39 is 0 Å². The predicted octanol–water partition coefficient (Wildman–Crippen LogP) is 3.87. The monoisotopic (exact) mass is 162 g/mol. The van der Waals surface area contributed by atoms with Crippen LogP contribution in [0, 0.1) is 5.41 Å². The van der Waals surface area contributed by atoms with Crippen molar-refractivity contribution in [2.45, 2.75) is 33.6 Å². The Morgan fingerprint density at radius 3 is 2.92 bits per heavy atom. The number of hydrogen-bond donors (Lipinski definition) is 0. The molecule has 66 valence electrons. The van der Waals surface area contributed by atoms with Gasteiger partial charge in [0.25, 0.3) is 0 Å². The van der Waals surface area contributed by atoms with Crippen LogP contribution in [0.1, 0.15) is 33.6 Å². The van der Waals surface area contributed by atoms with E-state index in [2.05, 4.69) is 51.2 Å². The average Bonchev–Trinajstić information content (AvgIpc) is 2.07. The van der Waals surface area contributed by atoms with Crippen LogP contribution in [0.4, 0.5) is 0 Å². The summed E-state index contributed by atoms with van der Waals surface area (Å²) >= 11 is 0. The van der Waals surface area contributed by atoms with Crippen LogP contribution in [-0.2, 0) is 0 Å². The van der Waals surface area contributed by atoms with Crippen LogP contribution in [0.15, 0.2) is 36.0 Å². The lowest BCUT2D eigenvalue weighted by molar-refractivity contribution is 0.515. The summed E-state index contributed by atoms with van der Waals surface area (Å²) in [6.45, 7) is 6.69. The fraction of sp³-hybridized carbons (Fsp3) is 0.500. The summed E-state index contributed by atoms with van der Waals surface area (Å²) in [6.07, 6.45) is 13.5. The molecular formula is C12H18. The molecule has 0 aromatic carbocycles. The molecule has 0 aromatic heterocycles. The maximum absolute atomic E-state index is 2.34. The zero-order chi connectivity index (χ0) is 9.03. The van der Waals surface area contributed by atoms with Crippen LogP contribution in [0.5, 0.6) is 0 Å². The van der Waals surface area contributed by atoms with E-state index in [1.165, 1.54) is 5.57 Å². The van der Waals surface area contributed by atoms with Gasteiger partial charge in [-0.2, -0.15) is 0 Å². The zero-order valence-electron chi connectivity index (χ0n) is 8.30. The Morgan fingerprint density at radius 2 is 2.33 bits per heavy atom. The molecule has 1 aliphatic rings. The molecule has 0 saturated carbocycles. The number of allylic oxidation sites excluding steroid dienone is 6. The van der Waals surface area contributed by atoms with Gasteiger partial charge in [0, 0.05) is 5.41 Å². The van der Waals surface area contributed by atoms with Gasteiger partial charge in [-0.25, -0.2) is 0 Å². The summed E-state index contributed by atoms with van der Waals surface area (Å²) in [4.78, 5) is 0. The lowest BCUT2D eigenvalue weighted by Crippen LogP contribution is -2.15. The molecule has 0 aliphatic heterocycles. The van der Waals surface area contributed by atoms with Crippen molar-refractivity contribution in [3.8, 4) is 0 Å². The smallest absolute Gasteiger partial charge is 0.00973 e. The second-order valence-electron chi connectivity index (χ2n) is 3.71. The molecule has 1 aliphatic carbocycles. The van der Waals surface area contributed by atoms with Crippen LogP contribution >= 0.6 is 0 Å². The van der Waals surface area contributed by atoms with Gasteiger partial charge in [0.05, 0.1) is 0 Å². The van der Waals surface area contributed by atoms with Crippen LogP contribution in [-0.4, -0.2) is 0 Å². The minimum Gasteiger partial charge on any atom is -0.0879 e. The Balaban J connectivity index is 2.78. The van der Waals surface area contributed by atoms with E-state index in [4.69, 9.17) is 0 Å². The highest BCUT2D eigenvalue weighted by Crippen LogP contribution is 2.35. The van der Waals surface area contributed by atoms with E-state index in [0.717, 1.165) is 12.8 Å². The van der Waals surface area contributed by atoms with Crippen LogP contribution in [0.3, 0.4) is 0 Å². The van der Waals surface area contributed by atoms with Crippen molar-refractivity contribution in [2.75, 3.05) is 0 Å². The van der Waals surface area contributed by atoms with Gasteiger partial charge in [0.1, 0.15) is 0 Å². The maximum Gasteiger partial charge on any atom is 0.00973 e. The second kappa shape index (κ2) is 3.75. The summed E-state index contributed by atoms with van der Waals surface area (Å²) in [6, 6.07) is 0. The van der Waals surface area contributed by atoms with Crippen molar-refractivity contribution in [1.29, 1.82) is 0 Å². The van der Waals surface area contributed by atoms with Gasteiger partial charge < -0.3 is 0 Å². The van der Waals surface area contributed by atoms with Crippen molar-refractivity contribution >= 4 is 0 Å². The Hall–Kier alpha value is -0.780. The van der Waals surface area contributed by atoms with Gasteiger partial charge in [-0.15, -0.1) is 0 Å². The molecule has 0 fully saturated rings. The molecule has 0 heteroatoms. The molecule has 0 bridgehead atoms. The van der Waals surface area contributed by atoms with E-state index in [-0.39, 0.29) is 5.41 Å². The van der Waals surface area contributed by atoms with Gasteiger partial charge in [-0.05, 0) is 19.8 Å². The molecule has 0 nitrogen and oxygen atoms in total. The minimum atomic E-state index is 0.282. The molecule has 0 aromatic rings. The van der Waals surface area contributed by atoms with E-state index in [0.29, 0.717) is 0 Å². The van der Waals surface area contributed by atoms with Crippen LogP contribution < -0.4 is 0 Å². The third-order valence-electron chi connectivity index (χ3n) is 2.65. The third-order valence-corrected chi connectivity index (χ3v) is 2.65. The average molecular weight is 162 g/mol. The van der Waals surface area contributed by atoms with Gasteiger partial charge in [-0.1, -0.05) is 49.8 Å². The lowest BCUT2D eigenvalue weighted by Gasteiger charge is -2.28. The van der Waals surface area contributed by atoms with Crippen LogP contribution in [0.2, 0.25) is 0 Å².